The van der Waals surface area contributed by atoms with Crippen LogP contribution in [0.2, 0.25) is 10.0 Å². The number of ether oxygens (including phenoxy) is 1. The summed E-state index contributed by atoms with van der Waals surface area (Å²) in [6, 6.07) is 20.7. The van der Waals surface area contributed by atoms with Gasteiger partial charge in [-0.1, -0.05) is 59.6 Å². The lowest BCUT2D eigenvalue weighted by molar-refractivity contribution is 0.209. The number of hydrogen-bond acceptors (Lipinski definition) is 2. The van der Waals surface area contributed by atoms with Crippen LogP contribution in [0, 0.1) is 6.92 Å². The molecule has 0 aromatic heterocycles. The summed E-state index contributed by atoms with van der Waals surface area (Å²) in [5.74, 6) is 0.746. The lowest BCUT2D eigenvalue weighted by Crippen LogP contribution is -2.36. The Morgan fingerprint density at radius 1 is 1.00 bits per heavy atom. The number of halogens is 2. The average Bonchev–Trinajstić information content (AvgIpc) is 2.72. The number of rotatable bonds is 7. The molecule has 0 atom stereocenters. The maximum Gasteiger partial charge on any atom is 0.322 e. The Kier molecular flexibility index (Phi) is 7.61. The summed E-state index contributed by atoms with van der Waals surface area (Å²) in [6.07, 6.45) is 0.604. The molecule has 0 saturated heterocycles. The fourth-order valence-electron chi connectivity index (χ4n) is 3.20. The van der Waals surface area contributed by atoms with Crippen molar-refractivity contribution in [2.45, 2.75) is 19.9 Å². The van der Waals surface area contributed by atoms with Crippen molar-refractivity contribution >= 4 is 34.9 Å². The summed E-state index contributed by atoms with van der Waals surface area (Å²) in [5.41, 5.74) is 3.71. The Balaban J connectivity index is 1.80. The van der Waals surface area contributed by atoms with E-state index in [0.29, 0.717) is 29.6 Å². The van der Waals surface area contributed by atoms with Crippen LogP contribution in [0.15, 0.2) is 66.7 Å². The molecule has 0 spiro atoms. The minimum Gasteiger partial charge on any atom is -0.496 e. The van der Waals surface area contributed by atoms with E-state index < -0.39 is 0 Å². The second kappa shape index (κ2) is 10.4. The molecule has 0 bridgehead atoms. The third-order valence-electron chi connectivity index (χ3n) is 4.78. The van der Waals surface area contributed by atoms with Gasteiger partial charge < -0.3 is 15.0 Å². The number of methoxy groups -OCH3 is 1. The summed E-state index contributed by atoms with van der Waals surface area (Å²) in [4.78, 5) is 14.9. The van der Waals surface area contributed by atoms with E-state index in [1.54, 1.807) is 24.1 Å². The molecule has 0 aliphatic heterocycles. The molecule has 3 rings (SSSR count). The number of hydrogen-bond donors (Lipinski definition) is 1. The Labute approximate surface area is 187 Å². The average molecular weight is 443 g/mol. The SMILES string of the molecule is COc1ccccc1CN(CCc1ccc(Cl)cc1Cl)C(=O)Nc1cccc(C)c1. The molecule has 4 nitrogen and oxygen atoms in total. The molecule has 30 heavy (non-hydrogen) atoms. The van der Waals surface area contributed by atoms with Gasteiger partial charge in [-0.05, 0) is 54.8 Å². The first-order chi connectivity index (χ1) is 14.5. The fraction of sp³-hybridized carbons (Fsp3) is 0.208. The van der Waals surface area contributed by atoms with Gasteiger partial charge in [-0.3, -0.25) is 0 Å². The number of anilines is 1. The second-order valence-electron chi connectivity index (χ2n) is 7.02. The standard InChI is InChI=1S/C24H24Cl2N2O2/c1-17-6-5-8-21(14-17)27-24(29)28(16-19-7-3-4-9-23(19)30-2)13-12-18-10-11-20(25)15-22(18)26/h3-11,14-15H,12-13,16H2,1-2H3,(H,27,29). The van der Waals surface area contributed by atoms with Gasteiger partial charge in [0.1, 0.15) is 5.75 Å². The van der Waals surface area contributed by atoms with Crippen LogP contribution in [-0.4, -0.2) is 24.6 Å². The third-order valence-corrected chi connectivity index (χ3v) is 5.36. The van der Waals surface area contributed by atoms with Gasteiger partial charge in [0.2, 0.25) is 0 Å². The first kappa shape index (κ1) is 22.0. The van der Waals surface area contributed by atoms with Crippen molar-refractivity contribution in [1.29, 1.82) is 0 Å². The van der Waals surface area contributed by atoms with Crippen LogP contribution < -0.4 is 10.1 Å². The topological polar surface area (TPSA) is 41.6 Å². The molecule has 1 N–H and O–H groups in total. The summed E-state index contributed by atoms with van der Waals surface area (Å²) >= 11 is 12.3. The lowest BCUT2D eigenvalue weighted by atomic mass is 10.1. The molecule has 0 aliphatic rings. The van der Waals surface area contributed by atoms with Gasteiger partial charge in [0.25, 0.3) is 0 Å². The van der Waals surface area contributed by atoms with E-state index in [-0.39, 0.29) is 6.03 Å². The minimum absolute atomic E-state index is 0.184. The normalized spacial score (nSPS) is 10.5. The highest BCUT2D eigenvalue weighted by atomic mass is 35.5. The Morgan fingerprint density at radius 3 is 2.53 bits per heavy atom. The maximum atomic E-state index is 13.1. The molecule has 3 aromatic carbocycles. The molecular formula is C24H24Cl2N2O2. The van der Waals surface area contributed by atoms with Crippen LogP contribution in [0.25, 0.3) is 0 Å². The Morgan fingerprint density at radius 2 is 1.80 bits per heavy atom. The second-order valence-corrected chi connectivity index (χ2v) is 7.86. The zero-order valence-electron chi connectivity index (χ0n) is 17.0. The molecule has 0 unspecified atom stereocenters. The lowest BCUT2D eigenvalue weighted by Gasteiger charge is -2.24. The molecular weight excluding hydrogens is 419 g/mol. The predicted octanol–water partition coefficient (Wildman–Crippen LogP) is 6.59. The quantitative estimate of drug-likeness (QED) is 0.448. The first-order valence-electron chi connectivity index (χ1n) is 9.64. The number of urea groups is 1. The van der Waals surface area contributed by atoms with Crippen molar-refractivity contribution in [2.75, 3.05) is 19.0 Å². The van der Waals surface area contributed by atoms with Crippen molar-refractivity contribution < 1.29 is 9.53 Å². The van der Waals surface area contributed by atoms with Crippen molar-refractivity contribution in [3.8, 4) is 5.75 Å². The number of carbonyl (C=O) groups is 1. The number of benzene rings is 3. The van der Waals surface area contributed by atoms with Gasteiger partial charge in [0, 0.05) is 27.8 Å². The van der Waals surface area contributed by atoms with Gasteiger partial charge in [-0.15, -0.1) is 0 Å². The van der Waals surface area contributed by atoms with Crippen LogP contribution in [0.3, 0.4) is 0 Å². The number of nitrogens with one attached hydrogen (secondary N) is 1. The van der Waals surface area contributed by atoms with E-state index in [1.165, 1.54) is 0 Å². The van der Waals surface area contributed by atoms with Crippen molar-refractivity contribution in [2.24, 2.45) is 0 Å². The van der Waals surface area contributed by atoms with Crippen LogP contribution >= 0.6 is 23.2 Å². The zero-order chi connectivity index (χ0) is 21.5. The number of nitrogens with zero attached hydrogens (tertiary/aromatic N) is 1. The van der Waals surface area contributed by atoms with E-state index in [9.17, 15) is 4.79 Å². The van der Waals surface area contributed by atoms with Gasteiger partial charge >= 0.3 is 6.03 Å². The summed E-state index contributed by atoms with van der Waals surface area (Å²) < 4.78 is 5.46. The van der Waals surface area contributed by atoms with E-state index >= 15 is 0 Å². The van der Waals surface area contributed by atoms with Crippen LogP contribution in [0.1, 0.15) is 16.7 Å². The summed E-state index contributed by atoms with van der Waals surface area (Å²) in [5, 5.41) is 4.18. The van der Waals surface area contributed by atoms with Crippen LogP contribution in [-0.2, 0) is 13.0 Å². The van der Waals surface area contributed by atoms with Crippen LogP contribution in [0.4, 0.5) is 10.5 Å². The number of aryl methyl sites for hydroxylation is 1. The molecule has 0 aliphatic carbocycles. The van der Waals surface area contributed by atoms with Gasteiger partial charge in [-0.2, -0.15) is 0 Å². The minimum atomic E-state index is -0.184. The van der Waals surface area contributed by atoms with Gasteiger partial charge in [-0.25, -0.2) is 4.79 Å². The first-order valence-corrected chi connectivity index (χ1v) is 10.4. The molecule has 0 radical (unpaired) electrons. The van der Waals surface area contributed by atoms with Crippen molar-refractivity contribution in [3.05, 3.63) is 93.5 Å². The highest BCUT2D eigenvalue weighted by Crippen LogP contribution is 2.23. The highest BCUT2D eigenvalue weighted by Gasteiger charge is 2.17. The molecule has 6 heteroatoms. The maximum absolute atomic E-state index is 13.1. The number of carbonyl (C=O) groups excluding carboxylic acids is 1. The Hall–Kier alpha value is -2.69. The van der Waals surface area contributed by atoms with Gasteiger partial charge in [0.05, 0.1) is 13.7 Å². The smallest absolute Gasteiger partial charge is 0.322 e. The number of para-hydroxylation sites is 1. The van der Waals surface area contributed by atoms with Crippen molar-refractivity contribution in [3.63, 3.8) is 0 Å². The fourth-order valence-corrected chi connectivity index (χ4v) is 3.70. The summed E-state index contributed by atoms with van der Waals surface area (Å²) in [7, 11) is 1.63. The molecule has 3 aromatic rings. The summed E-state index contributed by atoms with van der Waals surface area (Å²) in [6.45, 7) is 2.88. The van der Waals surface area contributed by atoms with E-state index in [1.807, 2.05) is 61.5 Å². The molecule has 0 saturated carbocycles. The Bertz CT molecular complexity index is 1020. The molecule has 156 valence electrons. The number of amides is 2. The largest absolute Gasteiger partial charge is 0.496 e. The molecule has 0 fully saturated rings. The van der Waals surface area contributed by atoms with Crippen LogP contribution in [0.5, 0.6) is 5.75 Å². The monoisotopic (exact) mass is 442 g/mol. The van der Waals surface area contributed by atoms with E-state index in [2.05, 4.69) is 5.32 Å². The van der Waals surface area contributed by atoms with Gasteiger partial charge in [0.15, 0.2) is 0 Å². The molecule has 0 heterocycles. The zero-order valence-corrected chi connectivity index (χ0v) is 18.5. The third kappa shape index (κ3) is 5.91. The van der Waals surface area contributed by atoms with E-state index in [4.69, 9.17) is 27.9 Å². The molecule has 2 amide bonds. The van der Waals surface area contributed by atoms with Crippen molar-refractivity contribution in [1.82, 2.24) is 4.90 Å². The highest BCUT2D eigenvalue weighted by molar-refractivity contribution is 6.35. The van der Waals surface area contributed by atoms with E-state index in [0.717, 1.165) is 28.1 Å². The predicted molar refractivity (Wildman–Crippen MR) is 124 cm³/mol.